The minimum absolute atomic E-state index is 0.138. The summed E-state index contributed by atoms with van der Waals surface area (Å²) in [6, 6.07) is 18.7. The number of fused-ring (bicyclic) bond motifs is 4. The van der Waals surface area contributed by atoms with E-state index < -0.39 is 18.5 Å². The molecule has 4 aromatic rings. The van der Waals surface area contributed by atoms with Crippen LogP contribution >= 0.6 is 0 Å². The number of ketones is 2. The Labute approximate surface area is 206 Å². The van der Waals surface area contributed by atoms with Gasteiger partial charge in [0.2, 0.25) is 0 Å². The van der Waals surface area contributed by atoms with E-state index in [1.54, 1.807) is 42.5 Å². The summed E-state index contributed by atoms with van der Waals surface area (Å²) in [6.45, 7) is -0.535. The second kappa shape index (κ2) is 8.53. The van der Waals surface area contributed by atoms with E-state index in [1.165, 1.54) is 0 Å². The van der Waals surface area contributed by atoms with Crippen LogP contribution in [0.1, 0.15) is 59.9 Å². The van der Waals surface area contributed by atoms with Crippen LogP contribution in [-0.4, -0.2) is 35.0 Å². The van der Waals surface area contributed by atoms with E-state index in [-0.39, 0.29) is 28.4 Å². The summed E-state index contributed by atoms with van der Waals surface area (Å²) in [7, 11) is 0. The SMILES string of the molecule is O=C(COC(=O)c1c2c(nc3ccccc13)CCC2)Nc1cccc2c1C(=O)c1ccccc1C2=O. The lowest BCUT2D eigenvalue weighted by Crippen LogP contribution is -2.26. The number of hydrogen-bond acceptors (Lipinski definition) is 6. The van der Waals surface area contributed by atoms with E-state index in [9.17, 15) is 19.2 Å². The third-order valence-electron chi connectivity index (χ3n) is 6.68. The van der Waals surface area contributed by atoms with Crippen molar-refractivity contribution < 1.29 is 23.9 Å². The van der Waals surface area contributed by atoms with Gasteiger partial charge in [-0.25, -0.2) is 4.79 Å². The monoisotopic (exact) mass is 476 g/mol. The van der Waals surface area contributed by atoms with Gasteiger partial charge >= 0.3 is 5.97 Å². The van der Waals surface area contributed by atoms with Gasteiger partial charge < -0.3 is 10.1 Å². The number of aryl methyl sites for hydroxylation is 1. The molecule has 0 spiro atoms. The van der Waals surface area contributed by atoms with Gasteiger partial charge in [0, 0.05) is 27.8 Å². The summed E-state index contributed by atoms with van der Waals surface area (Å²) in [5.74, 6) is -1.81. The minimum atomic E-state index is -0.606. The van der Waals surface area contributed by atoms with Gasteiger partial charge in [-0.3, -0.25) is 19.4 Å². The van der Waals surface area contributed by atoms with Crippen LogP contribution in [0.15, 0.2) is 66.7 Å². The number of aromatic nitrogens is 1. The number of para-hydroxylation sites is 1. The van der Waals surface area contributed by atoms with Crippen molar-refractivity contribution >= 4 is 40.0 Å². The Bertz CT molecular complexity index is 1620. The van der Waals surface area contributed by atoms with Gasteiger partial charge in [0.15, 0.2) is 18.2 Å². The molecule has 0 saturated heterocycles. The average molecular weight is 476 g/mol. The van der Waals surface area contributed by atoms with Crippen molar-refractivity contribution in [3.05, 3.63) is 106 Å². The fourth-order valence-electron chi connectivity index (χ4n) is 5.08. The van der Waals surface area contributed by atoms with E-state index in [2.05, 4.69) is 10.3 Å². The molecule has 1 heterocycles. The number of rotatable bonds is 4. The van der Waals surface area contributed by atoms with Crippen LogP contribution in [-0.2, 0) is 22.4 Å². The van der Waals surface area contributed by atoms with Crippen LogP contribution in [0.2, 0.25) is 0 Å². The zero-order chi connectivity index (χ0) is 24.8. The molecule has 0 aliphatic heterocycles. The number of carbonyl (C=O) groups is 4. The maximum atomic E-state index is 13.1. The summed E-state index contributed by atoms with van der Waals surface area (Å²) in [5.41, 5.74) is 4.14. The maximum Gasteiger partial charge on any atom is 0.339 e. The molecule has 3 aromatic carbocycles. The normalized spacial score (nSPS) is 13.7. The molecule has 7 nitrogen and oxygen atoms in total. The van der Waals surface area contributed by atoms with Crippen molar-refractivity contribution in [3.63, 3.8) is 0 Å². The number of nitrogens with one attached hydrogen (secondary N) is 1. The smallest absolute Gasteiger partial charge is 0.339 e. The fraction of sp³-hybridized carbons (Fsp3) is 0.138. The number of benzene rings is 3. The van der Waals surface area contributed by atoms with Gasteiger partial charge in [0.25, 0.3) is 5.91 Å². The molecule has 0 radical (unpaired) electrons. The molecule has 2 aliphatic rings. The Morgan fingerprint density at radius 1 is 0.833 bits per heavy atom. The Morgan fingerprint density at radius 2 is 1.56 bits per heavy atom. The first-order chi connectivity index (χ1) is 17.5. The molecule has 176 valence electrons. The summed E-state index contributed by atoms with van der Waals surface area (Å²) in [5, 5.41) is 3.34. The summed E-state index contributed by atoms with van der Waals surface area (Å²) < 4.78 is 5.41. The van der Waals surface area contributed by atoms with Gasteiger partial charge in [0.05, 0.1) is 22.3 Å². The highest BCUT2D eigenvalue weighted by molar-refractivity contribution is 6.30. The lowest BCUT2D eigenvalue weighted by Gasteiger charge is -2.20. The molecule has 6 rings (SSSR count). The molecule has 1 aromatic heterocycles. The highest BCUT2D eigenvalue weighted by atomic mass is 16.5. The lowest BCUT2D eigenvalue weighted by molar-refractivity contribution is -0.119. The van der Waals surface area contributed by atoms with Crippen LogP contribution in [0, 0.1) is 0 Å². The summed E-state index contributed by atoms with van der Waals surface area (Å²) in [6.07, 6.45) is 2.45. The minimum Gasteiger partial charge on any atom is -0.452 e. The fourth-order valence-corrected chi connectivity index (χ4v) is 5.08. The first kappa shape index (κ1) is 21.9. The zero-order valence-electron chi connectivity index (χ0n) is 19.2. The van der Waals surface area contributed by atoms with Crippen LogP contribution in [0.25, 0.3) is 10.9 Å². The first-order valence-corrected chi connectivity index (χ1v) is 11.7. The molecule has 1 amide bonds. The van der Waals surface area contributed by atoms with Gasteiger partial charge in [-0.05, 0) is 37.0 Å². The van der Waals surface area contributed by atoms with Gasteiger partial charge in [0.1, 0.15) is 0 Å². The van der Waals surface area contributed by atoms with E-state index in [4.69, 9.17) is 4.74 Å². The van der Waals surface area contributed by atoms with Crippen LogP contribution < -0.4 is 5.32 Å². The highest BCUT2D eigenvalue weighted by Gasteiger charge is 2.32. The second-order valence-corrected chi connectivity index (χ2v) is 8.84. The number of ether oxygens (including phenoxy) is 1. The van der Waals surface area contributed by atoms with Crippen molar-refractivity contribution in [2.45, 2.75) is 19.3 Å². The molecule has 0 bridgehead atoms. The Balaban J connectivity index is 1.24. The van der Waals surface area contributed by atoms with Crippen molar-refractivity contribution in [1.29, 1.82) is 0 Å². The lowest BCUT2D eigenvalue weighted by atomic mass is 9.83. The topological polar surface area (TPSA) is 102 Å². The number of carbonyl (C=O) groups excluding carboxylic acids is 4. The molecule has 0 saturated carbocycles. The van der Waals surface area contributed by atoms with Crippen molar-refractivity contribution in [2.75, 3.05) is 11.9 Å². The van der Waals surface area contributed by atoms with Crippen LogP contribution in [0.4, 0.5) is 5.69 Å². The number of hydrogen-bond donors (Lipinski definition) is 1. The molecule has 0 unspecified atom stereocenters. The van der Waals surface area contributed by atoms with E-state index >= 15 is 0 Å². The van der Waals surface area contributed by atoms with E-state index in [0.717, 1.165) is 30.5 Å². The van der Waals surface area contributed by atoms with Crippen LogP contribution in [0.3, 0.4) is 0 Å². The molecule has 0 atom stereocenters. The largest absolute Gasteiger partial charge is 0.452 e. The van der Waals surface area contributed by atoms with Crippen LogP contribution in [0.5, 0.6) is 0 Å². The number of amides is 1. The molecule has 36 heavy (non-hydrogen) atoms. The predicted molar refractivity (Wildman–Crippen MR) is 132 cm³/mol. The van der Waals surface area contributed by atoms with E-state index in [0.29, 0.717) is 27.6 Å². The first-order valence-electron chi connectivity index (χ1n) is 11.7. The molecular formula is C29H20N2O5. The molecule has 1 N–H and O–H groups in total. The maximum absolute atomic E-state index is 13.1. The van der Waals surface area contributed by atoms with E-state index in [1.807, 2.05) is 24.3 Å². The highest BCUT2D eigenvalue weighted by Crippen LogP contribution is 2.32. The van der Waals surface area contributed by atoms with Gasteiger partial charge in [-0.15, -0.1) is 0 Å². The summed E-state index contributed by atoms with van der Waals surface area (Å²) in [4.78, 5) is 56.6. The molecule has 2 aliphatic carbocycles. The van der Waals surface area contributed by atoms with Gasteiger partial charge in [-0.1, -0.05) is 54.6 Å². The Morgan fingerprint density at radius 3 is 2.39 bits per heavy atom. The third-order valence-corrected chi connectivity index (χ3v) is 6.68. The van der Waals surface area contributed by atoms with Crippen molar-refractivity contribution in [2.24, 2.45) is 0 Å². The van der Waals surface area contributed by atoms with Crippen molar-refractivity contribution in [1.82, 2.24) is 4.98 Å². The quantitative estimate of drug-likeness (QED) is 0.388. The number of anilines is 1. The average Bonchev–Trinajstić information content (AvgIpc) is 3.37. The Hall–Kier alpha value is -4.65. The molecule has 7 heteroatoms. The second-order valence-electron chi connectivity index (χ2n) is 8.84. The number of nitrogens with zero attached hydrogens (tertiary/aromatic N) is 1. The standard InChI is InChI=1S/C29H20N2O5/c32-24(15-36-29(35)25-18-9-3-4-12-21(18)30-22-13-5-10-19(22)25)31-23-14-6-11-20-26(23)28(34)17-8-2-1-7-16(17)27(20)33/h1-4,6-9,11-12,14H,5,10,13,15H2,(H,31,32). The number of pyridine rings is 1. The zero-order valence-corrected chi connectivity index (χ0v) is 19.2. The molecular weight excluding hydrogens is 456 g/mol. The third kappa shape index (κ3) is 3.48. The molecule has 0 fully saturated rings. The predicted octanol–water partition coefficient (Wildman–Crippen LogP) is 4.29. The Kier molecular flexibility index (Phi) is 5.18. The van der Waals surface area contributed by atoms with Gasteiger partial charge in [-0.2, -0.15) is 0 Å². The number of esters is 1. The summed E-state index contributed by atoms with van der Waals surface area (Å²) >= 11 is 0. The van der Waals surface area contributed by atoms with Crippen molar-refractivity contribution in [3.8, 4) is 0 Å².